The minimum Gasteiger partial charge on any atom is -0.493 e. The van der Waals surface area contributed by atoms with Crippen LogP contribution in [0.1, 0.15) is 24.0 Å². The average Bonchev–Trinajstić information content (AvgIpc) is 3.10. The first-order valence-electron chi connectivity index (χ1n) is 6.87. The van der Waals surface area contributed by atoms with E-state index >= 15 is 0 Å². The van der Waals surface area contributed by atoms with Crippen molar-refractivity contribution in [2.24, 2.45) is 5.41 Å². The second kappa shape index (κ2) is 4.85. The summed E-state index contributed by atoms with van der Waals surface area (Å²) in [6.45, 7) is 1.36. The first-order chi connectivity index (χ1) is 9.23. The molecule has 0 bridgehead atoms. The molecule has 1 aromatic rings. The maximum atomic E-state index is 11.8. The summed E-state index contributed by atoms with van der Waals surface area (Å²) in [5.41, 5.74) is 2.02. The molecule has 4 nitrogen and oxygen atoms in total. The summed E-state index contributed by atoms with van der Waals surface area (Å²) < 4.78 is 5.47. The van der Waals surface area contributed by atoms with Gasteiger partial charge in [-0.15, -0.1) is 0 Å². The average molecular weight is 261 g/mol. The van der Waals surface area contributed by atoms with Gasteiger partial charge in [-0.2, -0.15) is 0 Å². The fourth-order valence-corrected chi connectivity index (χ4v) is 2.51. The van der Waals surface area contributed by atoms with Gasteiger partial charge in [-0.05, 0) is 36.5 Å². The molecule has 0 spiro atoms. The maximum Gasteiger partial charge on any atom is 0.228 e. The number of fused-ring (bicyclic) bond motifs is 1. The fourth-order valence-electron chi connectivity index (χ4n) is 2.51. The molecule has 0 aromatic heterocycles. The molecule has 0 unspecified atom stereocenters. The van der Waals surface area contributed by atoms with Gasteiger partial charge >= 0.3 is 0 Å². The van der Waals surface area contributed by atoms with Gasteiger partial charge in [0.25, 0.3) is 0 Å². The molecule has 1 aliphatic heterocycles. The zero-order valence-corrected chi connectivity index (χ0v) is 10.9. The second-order valence-corrected chi connectivity index (χ2v) is 5.48. The van der Waals surface area contributed by atoms with Crippen molar-refractivity contribution in [3.63, 3.8) is 0 Å². The normalized spacial score (nSPS) is 18.6. The Morgan fingerprint density at radius 1 is 1.42 bits per heavy atom. The van der Waals surface area contributed by atoms with Crippen LogP contribution < -0.4 is 10.1 Å². The maximum absolute atomic E-state index is 11.8. The Morgan fingerprint density at radius 2 is 2.26 bits per heavy atom. The van der Waals surface area contributed by atoms with Crippen molar-refractivity contribution < 1.29 is 14.6 Å². The largest absolute Gasteiger partial charge is 0.493 e. The molecule has 1 amide bonds. The van der Waals surface area contributed by atoms with E-state index in [9.17, 15) is 9.90 Å². The number of ether oxygens (including phenoxy) is 1. The van der Waals surface area contributed by atoms with Crippen molar-refractivity contribution in [3.05, 3.63) is 29.3 Å². The van der Waals surface area contributed by atoms with Crippen molar-refractivity contribution in [1.29, 1.82) is 0 Å². The van der Waals surface area contributed by atoms with E-state index in [1.165, 1.54) is 11.1 Å². The summed E-state index contributed by atoms with van der Waals surface area (Å²) in [4.78, 5) is 11.8. The Bertz CT molecular complexity index is 494. The molecule has 1 aliphatic carbocycles. The monoisotopic (exact) mass is 261 g/mol. The molecular formula is C15H19NO3. The number of benzene rings is 1. The number of amides is 1. The predicted octanol–water partition coefficient (Wildman–Crippen LogP) is 1.05. The molecule has 3 rings (SSSR count). The summed E-state index contributed by atoms with van der Waals surface area (Å²) in [5, 5.41) is 12.1. The summed E-state index contributed by atoms with van der Waals surface area (Å²) >= 11 is 0. The quantitative estimate of drug-likeness (QED) is 0.833. The lowest BCUT2D eigenvalue weighted by Gasteiger charge is -2.12. The van der Waals surface area contributed by atoms with Crippen LogP contribution in [0.5, 0.6) is 5.75 Å². The van der Waals surface area contributed by atoms with Crippen molar-refractivity contribution in [2.75, 3.05) is 19.8 Å². The molecule has 2 N–H and O–H groups in total. The smallest absolute Gasteiger partial charge is 0.228 e. The van der Waals surface area contributed by atoms with Crippen LogP contribution in [0.25, 0.3) is 0 Å². The SMILES string of the molecule is O=C(NCCc1ccc2c(c1)CCO2)C1(CO)CC1. The number of nitrogens with one attached hydrogen (secondary N) is 1. The summed E-state index contributed by atoms with van der Waals surface area (Å²) in [6, 6.07) is 6.22. The second-order valence-electron chi connectivity index (χ2n) is 5.48. The molecule has 1 heterocycles. The van der Waals surface area contributed by atoms with E-state index in [0.717, 1.165) is 38.0 Å². The van der Waals surface area contributed by atoms with E-state index in [0.29, 0.717) is 6.54 Å². The van der Waals surface area contributed by atoms with Crippen molar-refractivity contribution in [1.82, 2.24) is 5.32 Å². The minimum absolute atomic E-state index is 0.000469. The van der Waals surface area contributed by atoms with Gasteiger partial charge < -0.3 is 15.2 Å². The first kappa shape index (κ1) is 12.5. The zero-order chi connectivity index (χ0) is 13.3. The molecule has 1 fully saturated rings. The molecule has 2 aliphatic rings. The number of aliphatic hydroxyl groups is 1. The molecule has 4 heteroatoms. The third-order valence-electron chi connectivity index (χ3n) is 4.09. The van der Waals surface area contributed by atoms with Gasteiger partial charge in [0.1, 0.15) is 5.75 Å². The van der Waals surface area contributed by atoms with Crippen LogP contribution >= 0.6 is 0 Å². The number of aliphatic hydroxyl groups excluding tert-OH is 1. The van der Waals surface area contributed by atoms with Gasteiger partial charge in [0, 0.05) is 13.0 Å². The lowest BCUT2D eigenvalue weighted by Crippen LogP contribution is -2.35. The highest BCUT2D eigenvalue weighted by Gasteiger charge is 2.49. The third-order valence-corrected chi connectivity index (χ3v) is 4.09. The molecule has 0 radical (unpaired) electrons. The highest BCUT2D eigenvalue weighted by Crippen LogP contribution is 2.45. The van der Waals surface area contributed by atoms with Crippen LogP contribution in [0, 0.1) is 5.41 Å². The Balaban J connectivity index is 1.51. The first-order valence-corrected chi connectivity index (χ1v) is 6.87. The van der Waals surface area contributed by atoms with Crippen LogP contribution in [0.2, 0.25) is 0 Å². The van der Waals surface area contributed by atoms with Crippen molar-refractivity contribution >= 4 is 5.91 Å². The van der Waals surface area contributed by atoms with Gasteiger partial charge in [0.15, 0.2) is 0 Å². The van der Waals surface area contributed by atoms with E-state index in [-0.39, 0.29) is 12.5 Å². The lowest BCUT2D eigenvalue weighted by atomic mass is 10.1. The molecule has 0 saturated heterocycles. The summed E-state index contributed by atoms with van der Waals surface area (Å²) in [6.07, 6.45) is 3.42. The van der Waals surface area contributed by atoms with Gasteiger partial charge in [0.2, 0.25) is 5.91 Å². The van der Waals surface area contributed by atoms with Gasteiger partial charge in [-0.25, -0.2) is 0 Å². The predicted molar refractivity (Wildman–Crippen MR) is 71.1 cm³/mol. The van der Waals surface area contributed by atoms with Crippen LogP contribution in [-0.4, -0.2) is 30.8 Å². The molecule has 102 valence electrons. The van der Waals surface area contributed by atoms with Crippen molar-refractivity contribution in [2.45, 2.75) is 25.7 Å². The van der Waals surface area contributed by atoms with Crippen molar-refractivity contribution in [3.8, 4) is 5.75 Å². The van der Waals surface area contributed by atoms with Crippen LogP contribution in [0.15, 0.2) is 18.2 Å². The Kier molecular flexibility index (Phi) is 3.19. The van der Waals surface area contributed by atoms with E-state index in [1.54, 1.807) is 0 Å². The topological polar surface area (TPSA) is 58.6 Å². The Morgan fingerprint density at radius 3 is 3.00 bits per heavy atom. The highest BCUT2D eigenvalue weighted by molar-refractivity contribution is 5.85. The van der Waals surface area contributed by atoms with Gasteiger partial charge in [-0.3, -0.25) is 4.79 Å². The summed E-state index contributed by atoms with van der Waals surface area (Å²) in [5.74, 6) is 0.990. The Hall–Kier alpha value is -1.55. The molecule has 0 atom stereocenters. The number of hydrogen-bond acceptors (Lipinski definition) is 3. The lowest BCUT2D eigenvalue weighted by molar-refractivity contribution is -0.127. The standard InChI is InChI=1S/C15H19NO3/c17-10-15(5-6-15)14(18)16-7-3-11-1-2-13-12(9-11)4-8-19-13/h1-2,9,17H,3-8,10H2,(H,16,18). The fraction of sp³-hybridized carbons (Fsp3) is 0.533. The zero-order valence-electron chi connectivity index (χ0n) is 10.9. The van der Waals surface area contributed by atoms with Gasteiger partial charge in [-0.1, -0.05) is 12.1 Å². The van der Waals surface area contributed by atoms with Crippen LogP contribution in [0.3, 0.4) is 0 Å². The number of hydrogen-bond donors (Lipinski definition) is 2. The minimum atomic E-state index is -0.466. The van der Waals surface area contributed by atoms with Gasteiger partial charge in [0.05, 0.1) is 18.6 Å². The van der Waals surface area contributed by atoms with E-state index in [4.69, 9.17) is 4.74 Å². The van der Waals surface area contributed by atoms with E-state index < -0.39 is 5.41 Å². The highest BCUT2D eigenvalue weighted by atomic mass is 16.5. The number of rotatable bonds is 5. The molecule has 1 saturated carbocycles. The molecule has 19 heavy (non-hydrogen) atoms. The Labute approximate surface area is 112 Å². The molecule has 1 aromatic carbocycles. The summed E-state index contributed by atoms with van der Waals surface area (Å²) in [7, 11) is 0. The third kappa shape index (κ3) is 2.45. The number of carbonyl (C=O) groups is 1. The van der Waals surface area contributed by atoms with E-state index in [2.05, 4.69) is 17.4 Å². The molecular weight excluding hydrogens is 242 g/mol. The van der Waals surface area contributed by atoms with Crippen LogP contribution in [-0.2, 0) is 17.6 Å². The van der Waals surface area contributed by atoms with Crippen LogP contribution in [0.4, 0.5) is 0 Å². The number of carbonyl (C=O) groups excluding carboxylic acids is 1. The van der Waals surface area contributed by atoms with E-state index in [1.807, 2.05) is 6.07 Å².